The monoisotopic (exact) mass is 260 g/mol. The van der Waals surface area contributed by atoms with Crippen molar-refractivity contribution in [2.45, 2.75) is 44.7 Å². The Bertz CT molecular complexity index is 433. The van der Waals surface area contributed by atoms with Crippen LogP contribution in [-0.4, -0.2) is 35.7 Å². The molecule has 0 bridgehead atoms. The second-order valence-electron chi connectivity index (χ2n) is 5.78. The average molecular weight is 260 g/mol. The fourth-order valence-electron chi connectivity index (χ4n) is 3.41. The van der Waals surface area contributed by atoms with Gasteiger partial charge in [0.15, 0.2) is 0 Å². The smallest absolute Gasteiger partial charge is 0.0586 e. The van der Waals surface area contributed by atoms with E-state index >= 15 is 0 Å². The first kappa shape index (κ1) is 12.9. The normalized spacial score (nSPS) is 23.7. The summed E-state index contributed by atoms with van der Waals surface area (Å²) in [5.41, 5.74) is 4.20. The van der Waals surface area contributed by atoms with E-state index in [-0.39, 0.29) is 0 Å². The highest BCUT2D eigenvalue weighted by Gasteiger charge is 2.22. The highest BCUT2D eigenvalue weighted by Crippen LogP contribution is 2.29. The zero-order chi connectivity index (χ0) is 13.1. The van der Waals surface area contributed by atoms with E-state index in [1.165, 1.54) is 36.1 Å². The fourth-order valence-corrected chi connectivity index (χ4v) is 3.41. The minimum atomic E-state index is 0.294. The van der Waals surface area contributed by atoms with Crippen molar-refractivity contribution in [3.8, 4) is 0 Å². The number of para-hydroxylation sites is 1. The number of benzene rings is 1. The van der Waals surface area contributed by atoms with Gasteiger partial charge in [-0.1, -0.05) is 31.0 Å². The first-order chi connectivity index (χ1) is 9.38. The van der Waals surface area contributed by atoms with Gasteiger partial charge in [-0.2, -0.15) is 0 Å². The van der Waals surface area contributed by atoms with Crippen LogP contribution in [0, 0.1) is 0 Å². The van der Waals surface area contributed by atoms with Gasteiger partial charge < -0.3 is 10.4 Å². The number of anilines is 1. The van der Waals surface area contributed by atoms with Crippen LogP contribution in [0.2, 0.25) is 0 Å². The molecule has 2 aliphatic heterocycles. The molecule has 19 heavy (non-hydrogen) atoms. The quantitative estimate of drug-likeness (QED) is 0.876. The van der Waals surface area contributed by atoms with E-state index in [0.29, 0.717) is 12.6 Å². The van der Waals surface area contributed by atoms with Crippen LogP contribution in [0.5, 0.6) is 0 Å². The molecule has 0 aromatic heterocycles. The molecule has 1 unspecified atom stereocenters. The van der Waals surface area contributed by atoms with E-state index in [9.17, 15) is 5.11 Å². The summed E-state index contributed by atoms with van der Waals surface area (Å²) in [7, 11) is 0. The zero-order valence-electron chi connectivity index (χ0n) is 11.6. The summed E-state index contributed by atoms with van der Waals surface area (Å²) < 4.78 is 0. The van der Waals surface area contributed by atoms with Gasteiger partial charge in [0, 0.05) is 24.8 Å². The summed E-state index contributed by atoms with van der Waals surface area (Å²) >= 11 is 0. The molecular formula is C16H24N2O. The van der Waals surface area contributed by atoms with Crippen molar-refractivity contribution in [2.75, 3.05) is 25.0 Å². The molecule has 104 valence electrons. The second-order valence-corrected chi connectivity index (χ2v) is 5.78. The molecule has 0 spiro atoms. The maximum atomic E-state index is 9.60. The summed E-state index contributed by atoms with van der Waals surface area (Å²) in [5, 5.41) is 13.1. The van der Waals surface area contributed by atoms with E-state index in [4.69, 9.17) is 0 Å². The Morgan fingerprint density at radius 3 is 3.11 bits per heavy atom. The first-order valence-electron chi connectivity index (χ1n) is 7.58. The number of aliphatic hydroxyl groups is 1. The number of hydrogen-bond donors (Lipinski definition) is 2. The van der Waals surface area contributed by atoms with Crippen molar-refractivity contribution in [3.05, 3.63) is 29.3 Å². The molecule has 2 heterocycles. The van der Waals surface area contributed by atoms with Crippen LogP contribution in [-0.2, 0) is 13.0 Å². The summed E-state index contributed by atoms with van der Waals surface area (Å²) in [6.45, 7) is 3.45. The third kappa shape index (κ3) is 2.77. The molecule has 1 aromatic rings. The molecule has 0 radical (unpaired) electrons. The highest BCUT2D eigenvalue weighted by atomic mass is 16.3. The van der Waals surface area contributed by atoms with Gasteiger partial charge in [-0.25, -0.2) is 0 Å². The van der Waals surface area contributed by atoms with Gasteiger partial charge in [-0.15, -0.1) is 0 Å². The van der Waals surface area contributed by atoms with Gasteiger partial charge in [-0.3, -0.25) is 4.90 Å². The Balaban J connectivity index is 1.78. The molecule has 1 aromatic carbocycles. The number of nitrogens with zero attached hydrogens (tertiary/aromatic N) is 1. The Kier molecular flexibility index (Phi) is 4.04. The van der Waals surface area contributed by atoms with Gasteiger partial charge in [0.2, 0.25) is 0 Å². The van der Waals surface area contributed by atoms with Crippen LogP contribution in [0.1, 0.15) is 36.8 Å². The Morgan fingerprint density at radius 2 is 2.21 bits per heavy atom. The van der Waals surface area contributed by atoms with Gasteiger partial charge >= 0.3 is 0 Å². The SMILES string of the molecule is OCC1CCCCCN1Cc1cccc2c1NCC2. The summed E-state index contributed by atoms with van der Waals surface area (Å²) in [6, 6.07) is 6.98. The summed E-state index contributed by atoms with van der Waals surface area (Å²) in [4.78, 5) is 2.47. The number of aliphatic hydroxyl groups excluding tert-OH is 1. The van der Waals surface area contributed by atoms with Crippen LogP contribution >= 0.6 is 0 Å². The molecule has 1 atom stereocenters. The average Bonchev–Trinajstić information content (AvgIpc) is 2.80. The van der Waals surface area contributed by atoms with Crippen molar-refractivity contribution in [1.82, 2.24) is 4.90 Å². The molecule has 3 heteroatoms. The van der Waals surface area contributed by atoms with Gasteiger partial charge in [0.25, 0.3) is 0 Å². The Morgan fingerprint density at radius 1 is 1.26 bits per heavy atom. The van der Waals surface area contributed by atoms with Gasteiger partial charge in [0.05, 0.1) is 6.61 Å². The van der Waals surface area contributed by atoms with Crippen LogP contribution in [0.3, 0.4) is 0 Å². The van der Waals surface area contributed by atoms with E-state index in [2.05, 4.69) is 28.4 Å². The molecule has 2 N–H and O–H groups in total. The van der Waals surface area contributed by atoms with Gasteiger partial charge in [0.1, 0.15) is 0 Å². The Hall–Kier alpha value is -1.06. The minimum Gasteiger partial charge on any atom is -0.395 e. The second kappa shape index (κ2) is 5.93. The lowest BCUT2D eigenvalue weighted by molar-refractivity contribution is 0.118. The van der Waals surface area contributed by atoms with Crippen LogP contribution in [0.25, 0.3) is 0 Å². The predicted octanol–water partition coefficient (Wildman–Crippen LogP) is 2.39. The third-order valence-electron chi connectivity index (χ3n) is 4.52. The van der Waals surface area contributed by atoms with Crippen molar-refractivity contribution in [3.63, 3.8) is 0 Å². The molecule has 0 saturated carbocycles. The maximum Gasteiger partial charge on any atom is 0.0586 e. The van der Waals surface area contributed by atoms with E-state index in [0.717, 1.165) is 32.5 Å². The number of hydrogen-bond acceptors (Lipinski definition) is 3. The zero-order valence-corrected chi connectivity index (χ0v) is 11.6. The standard InChI is InChI=1S/C16H24N2O/c19-12-15-7-2-1-3-10-18(15)11-14-6-4-5-13-8-9-17-16(13)14/h4-6,15,17,19H,1-3,7-12H2. The molecular weight excluding hydrogens is 236 g/mol. The van der Waals surface area contributed by atoms with Crippen molar-refractivity contribution in [2.24, 2.45) is 0 Å². The van der Waals surface area contributed by atoms with Crippen LogP contribution in [0.4, 0.5) is 5.69 Å². The molecule has 3 rings (SSSR count). The van der Waals surface area contributed by atoms with Crippen LogP contribution in [0.15, 0.2) is 18.2 Å². The van der Waals surface area contributed by atoms with Crippen molar-refractivity contribution >= 4 is 5.69 Å². The molecule has 2 aliphatic rings. The molecule has 0 amide bonds. The van der Waals surface area contributed by atoms with E-state index < -0.39 is 0 Å². The van der Waals surface area contributed by atoms with Crippen molar-refractivity contribution < 1.29 is 5.11 Å². The van der Waals surface area contributed by atoms with Crippen LogP contribution < -0.4 is 5.32 Å². The predicted molar refractivity (Wildman–Crippen MR) is 78.4 cm³/mol. The fraction of sp³-hybridized carbons (Fsp3) is 0.625. The Labute approximate surface area is 115 Å². The first-order valence-corrected chi connectivity index (χ1v) is 7.58. The van der Waals surface area contributed by atoms with Crippen molar-refractivity contribution in [1.29, 1.82) is 0 Å². The van der Waals surface area contributed by atoms with E-state index in [1.54, 1.807) is 0 Å². The number of fused-ring (bicyclic) bond motifs is 1. The number of nitrogens with one attached hydrogen (secondary N) is 1. The third-order valence-corrected chi connectivity index (χ3v) is 4.52. The highest BCUT2D eigenvalue weighted by molar-refractivity contribution is 5.61. The topological polar surface area (TPSA) is 35.5 Å². The molecule has 1 saturated heterocycles. The van der Waals surface area contributed by atoms with E-state index in [1.807, 2.05) is 0 Å². The number of rotatable bonds is 3. The molecule has 1 fully saturated rings. The summed E-state index contributed by atoms with van der Waals surface area (Å²) in [6.07, 6.45) is 6.11. The summed E-state index contributed by atoms with van der Waals surface area (Å²) in [5.74, 6) is 0. The lowest BCUT2D eigenvalue weighted by Crippen LogP contribution is -2.37. The lowest BCUT2D eigenvalue weighted by atomic mass is 10.1. The lowest BCUT2D eigenvalue weighted by Gasteiger charge is -2.29. The molecule has 3 nitrogen and oxygen atoms in total. The van der Waals surface area contributed by atoms with Gasteiger partial charge in [-0.05, 0) is 36.9 Å². The largest absolute Gasteiger partial charge is 0.395 e. The molecule has 0 aliphatic carbocycles. The maximum absolute atomic E-state index is 9.60. The number of likely N-dealkylation sites (tertiary alicyclic amines) is 1. The minimum absolute atomic E-state index is 0.294.